The van der Waals surface area contributed by atoms with Gasteiger partial charge in [0.2, 0.25) is 0 Å². The molecular formula is C54H72N2O8S2. The Labute approximate surface area is 399 Å². The molecule has 12 rings (SSSR count). The van der Waals surface area contributed by atoms with Crippen molar-refractivity contribution in [3.05, 3.63) is 71.6 Å². The highest BCUT2D eigenvalue weighted by molar-refractivity contribution is 8.00. The summed E-state index contributed by atoms with van der Waals surface area (Å²) in [6.45, 7) is 10.9. The Morgan fingerprint density at radius 1 is 0.652 bits per heavy atom. The molecule has 4 heterocycles. The van der Waals surface area contributed by atoms with Gasteiger partial charge < -0.3 is 39.2 Å². The second-order valence-corrected chi connectivity index (χ2v) is 26.1. The van der Waals surface area contributed by atoms with Gasteiger partial charge in [0.05, 0.1) is 37.3 Å². The first-order valence-electron chi connectivity index (χ1n) is 25.7. The average Bonchev–Trinajstić information content (AvgIpc) is 3.80. The first-order chi connectivity index (χ1) is 31.9. The van der Waals surface area contributed by atoms with Gasteiger partial charge in [-0.1, -0.05) is 51.0 Å². The number of carbonyl (C=O) groups excluding carboxylic acids is 2. The van der Waals surface area contributed by atoms with Crippen LogP contribution in [0.4, 0.5) is 0 Å². The zero-order valence-electron chi connectivity index (χ0n) is 39.5. The standard InChI is InChI=1S/C54H72N2O8S2/c1-49-15-11-37-39(53(49)45(63-53)27-41(49)31-13-19-59-29-31)9-7-33-23-35(65-21-5-17-55)25-43(51(33,37)3)61-47(57)48(58)62-44-26-36(66-22-6-18-56)24-34-8-10-40-38(52(34,44)4)12-16-50(2)42(32-14-20-60-30-32)28-46-54(40,50)64-46/h7-8,13-14,19-20,29-30,35-46H,5-6,9-12,15-18,21-28,55-56H2,1-4H3/t35?,36?,37-,38-,39-,40-,41?,42?,43?,44?,45?,46?,49-,50-,51+,52+,53+,54+/m1/s1. The van der Waals surface area contributed by atoms with Crippen LogP contribution >= 0.6 is 23.5 Å². The molecule has 0 bridgehead atoms. The lowest BCUT2D eigenvalue weighted by Crippen LogP contribution is -2.60. The third-order valence-electron chi connectivity index (χ3n) is 21.1. The third kappa shape index (κ3) is 6.14. The minimum absolute atomic E-state index is 0.0000879. The number of ether oxygens (including phenoxy) is 4. The van der Waals surface area contributed by atoms with Gasteiger partial charge in [-0.15, -0.1) is 0 Å². The van der Waals surface area contributed by atoms with Gasteiger partial charge in [-0.05, 0) is 173 Å². The Morgan fingerprint density at radius 3 is 1.48 bits per heavy atom. The van der Waals surface area contributed by atoms with E-state index < -0.39 is 35.0 Å². The van der Waals surface area contributed by atoms with E-state index in [4.69, 9.17) is 39.2 Å². The molecule has 18 atom stereocenters. The van der Waals surface area contributed by atoms with E-state index in [1.54, 1.807) is 12.5 Å². The molecule has 8 fully saturated rings. The lowest BCUT2D eigenvalue weighted by atomic mass is 9.46. The molecule has 358 valence electrons. The second kappa shape index (κ2) is 16.0. The average molecular weight is 941 g/mol. The van der Waals surface area contributed by atoms with E-state index in [1.807, 2.05) is 36.1 Å². The van der Waals surface area contributed by atoms with Crippen LogP contribution in [0.1, 0.15) is 141 Å². The fourth-order valence-electron chi connectivity index (χ4n) is 17.8. The molecule has 2 aromatic rings. The van der Waals surface area contributed by atoms with Crippen LogP contribution in [0.25, 0.3) is 0 Å². The molecule has 2 aliphatic heterocycles. The molecule has 2 saturated heterocycles. The van der Waals surface area contributed by atoms with Crippen LogP contribution in [0.3, 0.4) is 0 Å². The van der Waals surface area contributed by atoms with E-state index in [0.29, 0.717) is 49.6 Å². The Bertz CT molecular complexity index is 2110. The number of nitrogens with two attached hydrogens (primary N) is 2. The monoisotopic (exact) mass is 940 g/mol. The van der Waals surface area contributed by atoms with Gasteiger partial charge in [-0.25, -0.2) is 9.59 Å². The van der Waals surface area contributed by atoms with Crippen LogP contribution in [0, 0.1) is 45.3 Å². The normalized spacial score (nSPS) is 47.8. The molecule has 2 spiro atoms. The predicted molar refractivity (Wildman–Crippen MR) is 256 cm³/mol. The molecule has 0 radical (unpaired) electrons. The van der Waals surface area contributed by atoms with Crippen molar-refractivity contribution in [3.8, 4) is 0 Å². The largest absolute Gasteiger partial charge is 0.472 e. The first kappa shape index (κ1) is 44.7. The van der Waals surface area contributed by atoms with Crippen molar-refractivity contribution in [1.29, 1.82) is 0 Å². The molecule has 66 heavy (non-hydrogen) atoms. The molecule has 2 aromatic heterocycles. The van der Waals surface area contributed by atoms with Crippen LogP contribution in [-0.2, 0) is 28.5 Å². The van der Waals surface area contributed by atoms with Gasteiger partial charge in [-0.3, -0.25) is 0 Å². The predicted octanol–water partition coefficient (Wildman–Crippen LogP) is 9.87. The third-order valence-corrected chi connectivity index (χ3v) is 23.8. The Balaban J connectivity index is 0.820. The van der Waals surface area contributed by atoms with Gasteiger partial charge in [0.1, 0.15) is 23.4 Å². The number of esters is 2. The maximum atomic E-state index is 14.7. The van der Waals surface area contributed by atoms with E-state index in [0.717, 1.165) is 88.6 Å². The number of epoxide rings is 2. The molecule has 0 aromatic carbocycles. The zero-order chi connectivity index (χ0) is 45.4. The SMILES string of the molecule is C[C@]12C(=CC[C@@H]3[C@H]1CC[C@]1(C)C(c4ccoc4)CC4O[C@]431)CC(SCCCN)CC2OC(=O)C(=O)OC1CC(SCCCN)CC2=CC[C@@H]3[C@@H](CC[C@]4(C)C(c5ccoc5)CC5O[C@]534)[C@]21C. The molecule has 10 nitrogen and oxygen atoms in total. The first-order valence-corrected chi connectivity index (χ1v) is 27.8. The van der Waals surface area contributed by atoms with Crippen LogP contribution in [-0.4, -0.2) is 82.7 Å². The van der Waals surface area contributed by atoms with Crippen LogP contribution in [0.2, 0.25) is 0 Å². The number of thioether (sulfide) groups is 2. The van der Waals surface area contributed by atoms with E-state index >= 15 is 0 Å². The van der Waals surface area contributed by atoms with Gasteiger partial charge in [0, 0.05) is 32.2 Å². The van der Waals surface area contributed by atoms with E-state index in [9.17, 15) is 9.59 Å². The van der Waals surface area contributed by atoms with Crippen molar-refractivity contribution in [2.45, 2.75) is 176 Å². The number of allylic oxidation sites excluding steroid dienone is 2. The number of hydrogen-bond acceptors (Lipinski definition) is 12. The number of fused-ring (bicyclic) bond motifs is 6. The van der Waals surface area contributed by atoms with E-state index in [2.05, 4.69) is 52.0 Å². The highest BCUT2D eigenvalue weighted by Crippen LogP contribution is 2.79. The van der Waals surface area contributed by atoms with E-state index in [1.165, 1.54) is 22.3 Å². The minimum Gasteiger partial charge on any atom is -0.472 e. The summed E-state index contributed by atoms with van der Waals surface area (Å²) in [5.74, 6) is 2.20. The number of furan rings is 2. The molecule has 0 amide bonds. The highest BCUT2D eigenvalue weighted by Gasteiger charge is 2.82. The second-order valence-electron chi connectivity index (χ2n) is 23.3. The number of hydrogen-bond donors (Lipinski definition) is 2. The quantitative estimate of drug-likeness (QED) is 0.0684. The summed E-state index contributed by atoms with van der Waals surface area (Å²) >= 11 is 3.88. The summed E-state index contributed by atoms with van der Waals surface area (Å²) in [6, 6.07) is 4.29. The lowest BCUT2D eigenvalue weighted by molar-refractivity contribution is -0.189. The molecule has 12 heteroatoms. The summed E-state index contributed by atoms with van der Waals surface area (Å²) in [5, 5.41) is 0.554. The summed E-state index contributed by atoms with van der Waals surface area (Å²) in [7, 11) is 0. The smallest absolute Gasteiger partial charge is 0.417 e. The summed E-state index contributed by atoms with van der Waals surface area (Å²) in [6.07, 6.45) is 25.4. The van der Waals surface area contributed by atoms with Crippen molar-refractivity contribution in [2.75, 3.05) is 24.6 Å². The fraction of sp³-hybridized carbons (Fsp3) is 0.741. The van der Waals surface area contributed by atoms with E-state index in [-0.39, 0.29) is 56.6 Å². The van der Waals surface area contributed by atoms with Crippen molar-refractivity contribution in [3.63, 3.8) is 0 Å². The van der Waals surface area contributed by atoms with Crippen LogP contribution in [0.5, 0.6) is 0 Å². The minimum atomic E-state index is -0.839. The molecular weight excluding hydrogens is 869 g/mol. The van der Waals surface area contributed by atoms with Gasteiger partial charge in [0.15, 0.2) is 0 Å². The highest BCUT2D eigenvalue weighted by atomic mass is 32.2. The summed E-state index contributed by atoms with van der Waals surface area (Å²) in [4.78, 5) is 29.4. The number of rotatable bonds is 12. The molecule has 8 aliphatic carbocycles. The fourth-order valence-corrected chi connectivity index (χ4v) is 20.3. The Morgan fingerprint density at radius 2 is 1.09 bits per heavy atom. The summed E-state index contributed by atoms with van der Waals surface area (Å²) < 4.78 is 38.5. The Hall–Kier alpha value is -2.48. The lowest BCUT2D eigenvalue weighted by Gasteiger charge is -2.60. The van der Waals surface area contributed by atoms with Crippen molar-refractivity contribution in [1.82, 2.24) is 0 Å². The maximum Gasteiger partial charge on any atom is 0.417 e. The molecule has 6 saturated carbocycles. The van der Waals surface area contributed by atoms with Crippen LogP contribution < -0.4 is 11.5 Å². The summed E-state index contributed by atoms with van der Waals surface area (Å²) in [5.41, 5.74) is 16.0. The van der Waals surface area contributed by atoms with Crippen LogP contribution in [0.15, 0.2) is 69.3 Å². The Kier molecular flexibility index (Phi) is 10.9. The van der Waals surface area contributed by atoms with Crippen molar-refractivity contribution in [2.24, 2.45) is 56.8 Å². The maximum absolute atomic E-state index is 14.7. The van der Waals surface area contributed by atoms with Gasteiger partial charge in [-0.2, -0.15) is 23.5 Å². The molecule has 4 N–H and O–H groups in total. The van der Waals surface area contributed by atoms with Gasteiger partial charge >= 0.3 is 11.9 Å². The zero-order valence-corrected chi connectivity index (χ0v) is 41.1. The number of carbonyl (C=O) groups is 2. The molecule has 10 aliphatic rings. The van der Waals surface area contributed by atoms with Crippen molar-refractivity contribution < 1.29 is 37.4 Å². The topological polar surface area (TPSA) is 156 Å². The van der Waals surface area contributed by atoms with Gasteiger partial charge in [0.25, 0.3) is 0 Å². The molecule has 8 unspecified atom stereocenters. The van der Waals surface area contributed by atoms with Crippen molar-refractivity contribution >= 4 is 35.5 Å².